The lowest BCUT2D eigenvalue weighted by atomic mass is 9.98. The summed E-state index contributed by atoms with van der Waals surface area (Å²) in [6, 6.07) is 13.5. The van der Waals surface area contributed by atoms with Crippen LogP contribution in [0.1, 0.15) is 17.7 Å². The first-order chi connectivity index (χ1) is 10.1. The maximum Gasteiger partial charge on any atom is 0.177 e. The third-order valence-electron chi connectivity index (χ3n) is 3.46. The van der Waals surface area contributed by atoms with Gasteiger partial charge in [0, 0.05) is 18.0 Å². The highest BCUT2D eigenvalue weighted by atomic mass is 32.2. The topological polar surface area (TPSA) is 47.0 Å². The standard InChI is InChI=1S/C17H15NO2S/c1-21(19,20)14-10-11-17(18-12-14)16-9-5-8-15(16)13-6-3-2-4-7-13/h2-4,6-12H,5H2,1H3. The fourth-order valence-corrected chi connectivity index (χ4v) is 2.97. The first-order valence-corrected chi connectivity index (χ1v) is 8.57. The summed E-state index contributed by atoms with van der Waals surface area (Å²) in [7, 11) is -3.21. The molecule has 0 amide bonds. The molecule has 106 valence electrons. The highest BCUT2D eigenvalue weighted by Gasteiger charge is 2.16. The van der Waals surface area contributed by atoms with Gasteiger partial charge in [-0.1, -0.05) is 42.5 Å². The van der Waals surface area contributed by atoms with E-state index in [1.165, 1.54) is 12.5 Å². The predicted octanol–water partition coefficient (Wildman–Crippen LogP) is 3.36. The Morgan fingerprint density at radius 1 is 0.952 bits per heavy atom. The van der Waals surface area contributed by atoms with Crippen molar-refractivity contribution < 1.29 is 8.42 Å². The van der Waals surface area contributed by atoms with Crippen molar-refractivity contribution in [2.24, 2.45) is 0 Å². The Morgan fingerprint density at radius 3 is 2.29 bits per heavy atom. The van der Waals surface area contributed by atoms with Crippen LogP contribution in [0.15, 0.2) is 65.7 Å². The van der Waals surface area contributed by atoms with Crippen molar-refractivity contribution in [3.63, 3.8) is 0 Å². The van der Waals surface area contributed by atoms with E-state index in [0.29, 0.717) is 0 Å². The van der Waals surface area contributed by atoms with Gasteiger partial charge in [0.1, 0.15) is 0 Å². The molecule has 0 unspecified atom stereocenters. The average molecular weight is 297 g/mol. The van der Waals surface area contributed by atoms with Gasteiger partial charge in [0.15, 0.2) is 9.84 Å². The second-order valence-corrected chi connectivity index (χ2v) is 7.00. The predicted molar refractivity (Wildman–Crippen MR) is 84.4 cm³/mol. The van der Waals surface area contributed by atoms with Crippen LogP contribution < -0.4 is 0 Å². The van der Waals surface area contributed by atoms with Gasteiger partial charge >= 0.3 is 0 Å². The summed E-state index contributed by atoms with van der Waals surface area (Å²) in [6.45, 7) is 0. The van der Waals surface area contributed by atoms with E-state index in [9.17, 15) is 8.42 Å². The molecule has 0 spiro atoms. The Balaban J connectivity index is 1.96. The van der Waals surface area contributed by atoms with Crippen LogP contribution in [-0.2, 0) is 9.84 Å². The van der Waals surface area contributed by atoms with E-state index in [-0.39, 0.29) is 4.90 Å². The van der Waals surface area contributed by atoms with Crippen molar-refractivity contribution in [1.82, 2.24) is 4.98 Å². The maximum atomic E-state index is 11.5. The third-order valence-corrected chi connectivity index (χ3v) is 4.56. The van der Waals surface area contributed by atoms with Crippen LogP contribution in [0.3, 0.4) is 0 Å². The van der Waals surface area contributed by atoms with Gasteiger partial charge in [0.2, 0.25) is 0 Å². The number of hydrogen-bond donors (Lipinski definition) is 0. The van der Waals surface area contributed by atoms with Crippen LogP contribution in [0.5, 0.6) is 0 Å². The van der Waals surface area contributed by atoms with Crippen LogP contribution in [0.2, 0.25) is 0 Å². The zero-order valence-corrected chi connectivity index (χ0v) is 12.5. The van der Waals surface area contributed by atoms with E-state index < -0.39 is 9.84 Å². The van der Waals surface area contributed by atoms with Gasteiger partial charge in [-0.15, -0.1) is 0 Å². The molecule has 0 N–H and O–H groups in total. The molecule has 1 aliphatic rings. The molecule has 0 fully saturated rings. The Morgan fingerprint density at radius 2 is 1.67 bits per heavy atom. The Hall–Kier alpha value is -2.20. The Labute approximate surface area is 124 Å². The average Bonchev–Trinajstić information content (AvgIpc) is 2.97. The van der Waals surface area contributed by atoms with Gasteiger partial charge in [0.05, 0.1) is 10.6 Å². The summed E-state index contributed by atoms with van der Waals surface area (Å²) in [6.07, 6.45) is 7.76. The number of pyridine rings is 1. The zero-order chi connectivity index (χ0) is 14.9. The van der Waals surface area contributed by atoms with Crippen molar-refractivity contribution in [2.75, 3.05) is 6.26 Å². The molecule has 0 bridgehead atoms. The summed E-state index contributed by atoms with van der Waals surface area (Å²) in [4.78, 5) is 4.56. The minimum absolute atomic E-state index is 0.245. The van der Waals surface area contributed by atoms with Crippen molar-refractivity contribution in [3.05, 3.63) is 72.1 Å². The number of hydrogen-bond acceptors (Lipinski definition) is 3. The molecule has 0 saturated carbocycles. The first-order valence-electron chi connectivity index (χ1n) is 6.68. The Bertz CT molecular complexity index is 817. The molecular weight excluding hydrogens is 282 g/mol. The van der Waals surface area contributed by atoms with Crippen molar-refractivity contribution in [1.29, 1.82) is 0 Å². The summed E-state index contributed by atoms with van der Waals surface area (Å²) in [5, 5.41) is 0. The minimum Gasteiger partial charge on any atom is -0.255 e. The monoisotopic (exact) mass is 297 g/mol. The fourth-order valence-electron chi connectivity index (χ4n) is 2.41. The molecule has 1 heterocycles. The van der Waals surface area contributed by atoms with Gasteiger partial charge in [0.25, 0.3) is 0 Å². The van der Waals surface area contributed by atoms with E-state index in [4.69, 9.17) is 0 Å². The number of benzene rings is 1. The molecule has 1 aromatic heterocycles. The van der Waals surface area contributed by atoms with E-state index in [0.717, 1.165) is 28.8 Å². The number of nitrogens with zero attached hydrogens (tertiary/aromatic N) is 1. The molecule has 0 radical (unpaired) electrons. The molecular formula is C17H15NO2S. The van der Waals surface area contributed by atoms with E-state index in [1.54, 1.807) is 12.1 Å². The van der Waals surface area contributed by atoms with Gasteiger partial charge in [-0.2, -0.15) is 0 Å². The lowest BCUT2D eigenvalue weighted by molar-refractivity contribution is 0.601. The van der Waals surface area contributed by atoms with Crippen molar-refractivity contribution in [2.45, 2.75) is 11.3 Å². The summed E-state index contributed by atoms with van der Waals surface area (Å²) in [5.74, 6) is 0. The number of rotatable bonds is 3. The van der Waals surface area contributed by atoms with Crippen LogP contribution >= 0.6 is 0 Å². The molecule has 4 heteroatoms. The molecule has 21 heavy (non-hydrogen) atoms. The lowest BCUT2D eigenvalue weighted by Gasteiger charge is -2.09. The molecule has 1 aliphatic carbocycles. The van der Waals surface area contributed by atoms with E-state index in [2.05, 4.69) is 29.3 Å². The second kappa shape index (κ2) is 5.30. The maximum absolute atomic E-state index is 11.5. The molecule has 0 aliphatic heterocycles. The minimum atomic E-state index is -3.21. The van der Waals surface area contributed by atoms with Crippen LogP contribution in [0.25, 0.3) is 11.1 Å². The van der Waals surface area contributed by atoms with Crippen LogP contribution in [0.4, 0.5) is 0 Å². The molecule has 2 aromatic rings. The molecule has 1 aromatic carbocycles. The lowest BCUT2D eigenvalue weighted by Crippen LogP contribution is -1.99. The second-order valence-electron chi connectivity index (χ2n) is 4.99. The number of allylic oxidation sites excluding steroid dienone is 4. The van der Waals surface area contributed by atoms with Gasteiger partial charge in [-0.3, -0.25) is 4.98 Å². The summed E-state index contributed by atoms with van der Waals surface area (Å²) >= 11 is 0. The highest BCUT2D eigenvalue weighted by Crippen LogP contribution is 2.35. The number of aromatic nitrogens is 1. The molecule has 0 atom stereocenters. The highest BCUT2D eigenvalue weighted by molar-refractivity contribution is 7.90. The third kappa shape index (κ3) is 2.81. The fraction of sp³-hybridized carbons (Fsp3) is 0.118. The van der Waals surface area contributed by atoms with Crippen molar-refractivity contribution in [3.8, 4) is 0 Å². The Kier molecular flexibility index (Phi) is 3.47. The quantitative estimate of drug-likeness (QED) is 0.872. The first kappa shape index (κ1) is 13.8. The van der Waals surface area contributed by atoms with Gasteiger partial charge in [-0.05, 0) is 29.7 Å². The van der Waals surface area contributed by atoms with E-state index >= 15 is 0 Å². The normalized spacial score (nSPS) is 14.7. The van der Waals surface area contributed by atoms with Gasteiger partial charge in [-0.25, -0.2) is 8.42 Å². The smallest absolute Gasteiger partial charge is 0.177 e. The molecule has 3 nitrogen and oxygen atoms in total. The molecule has 3 rings (SSSR count). The van der Waals surface area contributed by atoms with Gasteiger partial charge < -0.3 is 0 Å². The zero-order valence-electron chi connectivity index (χ0n) is 11.7. The summed E-state index contributed by atoms with van der Waals surface area (Å²) < 4.78 is 23.0. The largest absolute Gasteiger partial charge is 0.255 e. The molecule has 0 saturated heterocycles. The van der Waals surface area contributed by atoms with Crippen LogP contribution in [0, 0.1) is 0 Å². The van der Waals surface area contributed by atoms with Crippen LogP contribution in [-0.4, -0.2) is 19.7 Å². The SMILES string of the molecule is CS(=O)(=O)c1ccc(C2=CCC=C2c2ccccc2)nc1. The van der Waals surface area contributed by atoms with E-state index in [1.807, 2.05) is 18.2 Å². The number of sulfone groups is 1. The van der Waals surface area contributed by atoms with Crippen molar-refractivity contribution >= 4 is 21.0 Å². The summed E-state index contributed by atoms with van der Waals surface area (Å²) in [5.41, 5.74) is 4.15.